The molecule has 0 aromatic heterocycles. The van der Waals surface area contributed by atoms with Crippen LogP contribution in [0.3, 0.4) is 0 Å². The number of carbonyl (C=O) groups excluding carboxylic acids is 1. The fourth-order valence-electron chi connectivity index (χ4n) is 1.59. The monoisotopic (exact) mass is 305 g/mol. The Hall–Kier alpha value is -3.16. The van der Waals surface area contributed by atoms with Crippen molar-refractivity contribution < 1.29 is 18.5 Å². The lowest BCUT2D eigenvalue weighted by Gasteiger charge is -2.00. The van der Waals surface area contributed by atoms with E-state index in [1.807, 2.05) is 0 Å². The van der Waals surface area contributed by atoms with E-state index in [1.165, 1.54) is 18.2 Å². The van der Waals surface area contributed by atoms with Gasteiger partial charge in [-0.25, -0.2) is 14.2 Å². The molecule has 0 saturated carbocycles. The van der Waals surface area contributed by atoms with E-state index in [0.29, 0.717) is 6.07 Å². The molecule has 2 rings (SSSR count). The van der Waals surface area contributed by atoms with Crippen LogP contribution in [0.15, 0.2) is 47.6 Å². The molecule has 2 aromatic rings. The minimum Gasteiger partial charge on any atom is -0.267 e. The number of nitro benzene ring substituents is 1. The summed E-state index contributed by atoms with van der Waals surface area (Å²) in [6, 6.07) is 7.95. The third-order valence-corrected chi connectivity index (χ3v) is 2.65. The number of amides is 1. The van der Waals surface area contributed by atoms with Crippen LogP contribution in [-0.2, 0) is 0 Å². The lowest BCUT2D eigenvalue weighted by Crippen LogP contribution is -2.17. The number of halogens is 2. The largest absolute Gasteiger partial charge is 0.271 e. The highest BCUT2D eigenvalue weighted by atomic mass is 19.1. The molecule has 0 saturated heterocycles. The van der Waals surface area contributed by atoms with Crippen molar-refractivity contribution >= 4 is 17.8 Å². The summed E-state index contributed by atoms with van der Waals surface area (Å²) in [6.07, 6.45) is 1.00. The molecule has 2 aromatic carbocycles. The number of hydrogen-bond donors (Lipinski definition) is 1. The summed E-state index contributed by atoms with van der Waals surface area (Å²) in [5, 5.41) is 14.1. The van der Waals surface area contributed by atoms with Crippen LogP contribution >= 0.6 is 0 Å². The summed E-state index contributed by atoms with van der Waals surface area (Å²) in [4.78, 5) is 21.7. The van der Waals surface area contributed by atoms with Gasteiger partial charge in [0.15, 0.2) is 0 Å². The molecule has 1 amide bonds. The topological polar surface area (TPSA) is 84.6 Å². The Kier molecular flexibility index (Phi) is 4.52. The summed E-state index contributed by atoms with van der Waals surface area (Å²) in [5.74, 6) is -2.24. The molecular weight excluding hydrogens is 296 g/mol. The molecule has 0 atom stereocenters. The molecule has 112 valence electrons. The molecule has 0 fully saturated rings. The van der Waals surface area contributed by atoms with E-state index >= 15 is 0 Å². The molecule has 0 radical (unpaired) electrons. The first kappa shape index (κ1) is 15.2. The number of hydrazone groups is 1. The highest BCUT2D eigenvalue weighted by molar-refractivity contribution is 5.95. The van der Waals surface area contributed by atoms with Gasteiger partial charge in [0.2, 0.25) is 0 Å². The third kappa shape index (κ3) is 3.69. The first-order valence-electron chi connectivity index (χ1n) is 6.00. The molecular formula is C14H9F2N3O3. The Morgan fingerprint density at radius 1 is 1.23 bits per heavy atom. The van der Waals surface area contributed by atoms with E-state index in [1.54, 1.807) is 0 Å². The van der Waals surface area contributed by atoms with Gasteiger partial charge in [-0.2, -0.15) is 5.10 Å². The molecule has 0 spiro atoms. The number of rotatable bonds is 4. The fourth-order valence-corrected chi connectivity index (χ4v) is 1.59. The first-order valence-corrected chi connectivity index (χ1v) is 6.00. The van der Waals surface area contributed by atoms with Gasteiger partial charge in [-0.1, -0.05) is 6.07 Å². The van der Waals surface area contributed by atoms with Gasteiger partial charge >= 0.3 is 0 Å². The molecule has 0 heterocycles. The smallest absolute Gasteiger partial charge is 0.267 e. The molecule has 0 bridgehead atoms. The van der Waals surface area contributed by atoms with Gasteiger partial charge in [0.05, 0.1) is 11.1 Å². The van der Waals surface area contributed by atoms with Crippen molar-refractivity contribution in [3.05, 3.63) is 75.3 Å². The average molecular weight is 305 g/mol. The minimum atomic E-state index is -0.826. The molecule has 0 aliphatic carbocycles. The van der Waals surface area contributed by atoms with Crippen molar-refractivity contribution in [2.75, 3.05) is 0 Å². The Morgan fingerprint density at radius 3 is 2.68 bits per heavy atom. The van der Waals surface area contributed by atoms with Crippen LogP contribution in [0.4, 0.5) is 14.5 Å². The van der Waals surface area contributed by atoms with E-state index < -0.39 is 22.5 Å². The number of nitrogens with one attached hydrogen (secondary N) is 1. The predicted molar refractivity (Wildman–Crippen MR) is 74.5 cm³/mol. The minimum absolute atomic E-state index is 0.0132. The van der Waals surface area contributed by atoms with Gasteiger partial charge < -0.3 is 0 Å². The van der Waals surface area contributed by atoms with Gasteiger partial charge in [-0.15, -0.1) is 0 Å². The Bertz CT molecular complexity index is 763. The van der Waals surface area contributed by atoms with Crippen LogP contribution in [0.2, 0.25) is 0 Å². The highest BCUT2D eigenvalue weighted by Crippen LogP contribution is 2.13. The van der Waals surface area contributed by atoms with Crippen molar-refractivity contribution in [3.8, 4) is 0 Å². The SMILES string of the molecule is O=C(N/N=C/c1ccc(F)cc1F)c1cccc([N+](=O)[O-])c1. The lowest BCUT2D eigenvalue weighted by molar-refractivity contribution is -0.384. The van der Waals surface area contributed by atoms with Gasteiger partial charge in [0.25, 0.3) is 11.6 Å². The van der Waals surface area contributed by atoms with Crippen molar-refractivity contribution in [2.24, 2.45) is 5.10 Å². The van der Waals surface area contributed by atoms with Crippen LogP contribution < -0.4 is 5.43 Å². The molecule has 6 nitrogen and oxygen atoms in total. The first-order chi connectivity index (χ1) is 10.5. The molecule has 22 heavy (non-hydrogen) atoms. The molecule has 0 aliphatic rings. The lowest BCUT2D eigenvalue weighted by atomic mass is 10.2. The van der Waals surface area contributed by atoms with Crippen LogP contribution in [0, 0.1) is 21.7 Å². The fraction of sp³-hybridized carbons (Fsp3) is 0. The number of non-ortho nitro benzene ring substituents is 1. The second kappa shape index (κ2) is 6.53. The molecule has 8 heteroatoms. The second-order valence-corrected chi connectivity index (χ2v) is 4.17. The predicted octanol–water partition coefficient (Wildman–Crippen LogP) is 2.64. The molecule has 0 aliphatic heterocycles. The summed E-state index contributed by atoms with van der Waals surface area (Å²) >= 11 is 0. The van der Waals surface area contributed by atoms with Crippen molar-refractivity contribution in [1.82, 2.24) is 5.43 Å². The number of nitro groups is 1. The normalized spacial score (nSPS) is 10.6. The highest BCUT2D eigenvalue weighted by Gasteiger charge is 2.10. The average Bonchev–Trinajstić information content (AvgIpc) is 2.49. The molecule has 1 N–H and O–H groups in total. The summed E-state index contributed by atoms with van der Waals surface area (Å²) < 4.78 is 26.0. The number of benzene rings is 2. The maximum absolute atomic E-state index is 13.3. The van der Waals surface area contributed by atoms with Crippen LogP contribution in [-0.4, -0.2) is 17.0 Å². The van der Waals surface area contributed by atoms with Gasteiger partial charge in [0, 0.05) is 29.3 Å². The summed E-state index contributed by atoms with van der Waals surface area (Å²) in [6.45, 7) is 0. The summed E-state index contributed by atoms with van der Waals surface area (Å²) in [5.41, 5.74) is 1.89. The third-order valence-electron chi connectivity index (χ3n) is 2.65. The van der Waals surface area contributed by atoms with E-state index in [2.05, 4.69) is 10.5 Å². The number of nitrogens with zero attached hydrogens (tertiary/aromatic N) is 2. The quantitative estimate of drug-likeness (QED) is 0.535. The van der Waals surface area contributed by atoms with Gasteiger partial charge in [0.1, 0.15) is 11.6 Å². The van der Waals surface area contributed by atoms with Gasteiger partial charge in [-0.3, -0.25) is 14.9 Å². The zero-order valence-electron chi connectivity index (χ0n) is 11.0. The van der Waals surface area contributed by atoms with Crippen LogP contribution in [0.1, 0.15) is 15.9 Å². The Labute approximate surface area is 123 Å². The van der Waals surface area contributed by atoms with E-state index in [4.69, 9.17) is 0 Å². The van der Waals surface area contributed by atoms with E-state index in [0.717, 1.165) is 24.4 Å². The zero-order chi connectivity index (χ0) is 16.1. The molecule has 0 unspecified atom stereocenters. The summed E-state index contributed by atoms with van der Waals surface area (Å²) in [7, 11) is 0. The zero-order valence-corrected chi connectivity index (χ0v) is 11.0. The number of carbonyl (C=O) groups is 1. The Balaban J connectivity index is 2.08. The van der Waals surface area contributed by atoms with Crippen LogP contribution in [0.5, 0.6) is 0 Å². The maximum Gasteiger partial charge on any atom is 0.271 e. The van der Waals surface area contributed by atoms with E-state index in [-0.39, 0.29) is 16.8 Å². The van der Waals surface area contributed by atoms with Crippen molar-refractivity contribution in [3.63, 3.8) is 0 Å². The van der Waals surface area contributed by atoms with Crippen LogP contribution in [0.25, 0.3) is 0 Å². The Morgan fingerprint density at radius 2 is 2.00 bits per heavy atom. The standard InChI is InChI=1S/C14H9F2N3O3/c15-11-5-4-10(13(16)7-11)8-17-18-14(20)9-2-1-3-12(6-9)19(21)22/h1-8H,(H,18,20)/b17-8+. The van der Waals surface area contributed by atoms with Crippen molar-refractivity contribution in [1.29, 1.82) is 0 Å². The second-order valence-electron chi connectivity index (χ2n) is 4.17. The van der Waals surface area contributed by atoms with Crippen molar-refractivity contribution in [2.45, 2.75) is 0 Å². The number of hydrogen-bond acceptors (Lipinski definition) is 4. The maximum atomic E-state index is 13.3. The van der Waals surface area contributed by atoms with E-state index in [9.17, 15) is 23.7 Å². The van der Waals surface area contributed by atoms with Gasteiger partial charge in [-0.05, 0) is 18.2 Å².